The average Bonchev–Trinajstić information content (AvgIpc) is 2.46. The van der Waals surface area contributed by atoms with Gasteiger partial charge in [-0.25, -0.2) is 0 Å². The minimum Gasteiger partial charge on any atom is -0.504 e. The largest absolute Gasteiger partial charge is 0.504 e. The summed E-state index contributed by atoms with van der Waals surface area (Å²) in [5.74, 6) is 0.783. The molecule has 0 radical (unpaired) electrons. The average molecular weight is 281 g/mol. The lowest BCUT2D eigenvalue weighted by Gasteiger charge is -2.07. The number of aliphatic hydroxyl groups excluding tert-OH is 1. The van der Waals surface area contributed by atoms with Crippen molar-refractivity contribution in [1.82, 2.24) is 5.32 Å². The number of rotatable bonds is 12. The zero-order chi connectivity index (χ0) is 14.5. The molecule has 3 N–H and O–H groups in total. The molecule has 0 aromatic heterocycles. The third kappa shape index (κ3) is 8.02. The standard InChI is InChI=1S/C16H27NO3/c18-13-12-17-11-7-3-1-2-4-8-14-20-16-10-6-5-9-15(16)19/h5-6,9-10,17-19H,1-4,7-8,11-14H2. The summed E-state index contributed by atoms with van der Waals surface area (Å²) in [7, 11) is 0. The van der Waals surface area contributed by atoms with Crippen molar-refractivity contribution in [3.05, 3.63) is 24.3 Å². The summed E-state index contributed by atoms with van der Waals surface area (Å²) < 4.78 is 5.53. The molecule has 0 unspecified atom stereocenters. The van der Waals surface area contributed by atoms with Crippen LogP contribution in [-0.2, 0) is 0 Å². The summed E-state index contributed by atoms with van der Waals surface area (Å²) in [6.45, 7) is 2.58. The Labute approximate surface area is 121 Å². The van der Waals surface area contributed by atoms with Crippen molar-refractivity contribution < 1.29 is 14.9 Å². The third-order valence-corrected chi connectivity index (χ3v) is 3.16. The summed E-state index contributed by atoms with van der Waals surface area (Å²) in [4.78, 5) is 0. The van der Waals surface area contributed by atoms with Crippen LogP contribution in [0.25, 0.3) is 0 Å². The number of aliphatic hydroxyl groups is 1. The number of ether oxygens (including phenoxy) is 1. The highest BCUT2D eigenvalue weighted by Crippen LogP contribution is 2.24. The molecule has 1 aromatic rings. The van der Waals surface area contributed by atoms with Crippen molar-refractivity contribution in [3.63, 3.8) is 0 Å². The molecule has 1 rings (SSSR count). The van der Waals surface area contributed by atoms with Crippen LogP contribution in [0.2, 0.25) is 0 Å². The molecule has 0 fully saturated rings. The van der Waals surface area contributed by atoms with Crippen LogP contribution in [0.15, 0.2) is 24.3 Å². The van der Waals surface area contributed by atoms with Crippen molar-refractivity contribution >= 4 is 0 Å². The van der Waals surface area contributed by atoms with Gasteiger partial charge in [0.25, 0.3) is 0 Å². The van der Waals surface area contributed by atoms with Gasteiger partial charge in [-0.15, -0.1) is 0 Å². The number of nitrogens with one attached hydrogen (secondary N) is 1. The Bertz CT molecular complexity index is 344. The molecule has 0 saturated carbocycles. The lowest BCUT2D eigenvalue weighted by molar-refractivity contribution is 0.288. The highest BCUT2D eigenvalue weighted by Gasteiger charge is 1.99. The van der Waals surface area contributed by atoms with Gasteiger partial charge < -0.3 is 20.3 Å². The van der Waals surface area contributed by atoms with E-state index in [1.165, 1.54) is 25.7 Å². The smallest absolute Gasteiger partial charge is 0.160 e. The third-order valence-electron chi connectivity index (χ3n) is 3.16. The molecule has 0 aliphatic heterocycles. The van der Waals surface area contributed by atoms with Gasteiger partial charge in [0.15, 0.2) is 11.5 Å². The van der Waals surface area contributed by atoms with E-state index in [1.54, 1.807) is 18.2 Å². The Morgan fingerprint density at radius 2 is 1.60 bits per heavy atom. The Kier molecular flexibility index (Phi) is 9.70. The predicted octanol–water partition coefficient (Wildman–Crippen LogP) is 2.69. The second-order valence-corrected chi connectivity index (χ2v) is 4.91. The van der Waals surface area contributed by atoms with E-state index in [4.69, 9.17) is 9.84 Å². The number of hydrogen-bond acceptors (Lipinski definition) is 4. The summed E-state index contributed by atoms with van der Waals surface area (Å²) in [5, 5.41) is 21.3. The first-order chi connectivity index (χ1) is 9.84. The predicted molar refractivity (Wildman–Crippen MR) is 81.3 cm³/mol. The van der Waals surface area contributed by atoms with Crippen molar-refractivity contribution in [2.45, 2.75) is 38.5 Å². The Morgan fingerprint density at radius 1 is 0.900 bits per heavy atom. The number of benzene rings is 1. The van der Waals surface area contributed by atoms with E-state index in [-0.39, 0.29) is 12.4 Å². The van der Waals surface area contributed by atoms with Gasteiger partial charge in [0.1, 0.15) is 0 Å². The lowest BCUT2D eigenvalue weighted by atomic mass is 10.1. The fraction of sp³-hybridized carbons (Fsp3) is 0.625. The lowest BCUT2D eigenvalue weighted by Crippen LogP contribution is -2.19. The van der Waals surface area contributed by atoms with E-state index < -0.39 is 0 Å². The van der Waals surface area contributed by atoms with Crippen molar-refractivity contribution in [2.24, 2.45) is 0 Å². The van der Waals surface area contributed by atoms with Gasteiger partial charge in [0.2, 0.25) is 0 Å². The Hall–Kier alpha value is -1.26. The van der Waals surface area contributed by atoms with Gasteiger partial charge in [-0.1, -0.05) is 37.8 Å². The number of unbranched alkanes of at least 4 members (excludes halogenated alkanes) is 5. The van der Waals surface area contributed by atoms with E-state index in [9.17, 15) is 5.11 Å². The number of aromatic hydroxyl groups is 1. The number of phenols is 1. The SMILES string of the molecule is OCCNCCCCCCCCOc1ccccc1O. The molecule has 20 heavy (non-hydrogen) atoms. The van der Waals surface area contributed by atoms with Gasteiger partial charge in [-0.2, -0.15) is 0 Å². The number of phenolic OH excluding ortho intramolecular Hbond substituents is 1. The first-order valence-electron chi connectivity index (χ1n) is 7.57. The first kappa shape index (κ1) is 16.8. The maximum atomic E-state index is 9.53. The molecule has 114 valence electrons. The van der Waals surface area contributed by atoms with Crippen LogP contribution >= 0.6 is 0 Å². The van der Waals surface area contributed by atoms with Crippen LogP contribution in [0.3, 0.4) is 0 Å². The number of hydrogen-bond donors (Lipinski definition) is 3. The molecule has 1 aromatic carbocycles. The van der Waals surface area contributed by atoms with Crippen molar-refractivity contribution in [1.29, 1.82) is 0 Å². The molecule has 0 heterocycles. The van der Waals surface area contributed by atoms with E-state index in [0.717, 1.165) is 19.4 Å². The maximum Gasteiger partial charge on any atom is 0.160 e. The van der Waals surface area contributed by atoms with E-state index >= 15 is 0 Å². The van der Waals surface area contributed by atoms with Gasteiger partial charge in [0.05, 0.1) is 13.2 Å². The summed E-state index contributed by atoms with van der Waals surface area (Å²) in [5.41, 5.74) is 0. The normalized spacial score (nSPS) is 10.7. The summed E-state index contributed by atoms with van der Waals surface area (Å²) in [6, 6.07) is 7.08. The quantitative estimate of drug-likeness (QED) is 0.516. The van der Waals surface area contributed by atoms with Crippen LogP contribution in [0.1, 0.15) is 38.5 Å². The molecular formula is C16H27NO3. The topological polar surface area (TPSA) is 61.7 Å². The van der Waals surface area contributed by atoms with Crippen molar-refractivity contribution in [3.8, 4) is 11.5 Å². The molecule has 4 heteroatoms. The minimum atomic E-state index is 0.211. The van der Waals surface area contributed by atoms with Gasteiger partial charge >= 0.3 is 0 Å². The Balaban J connectivity index is 1.87. The van der Waals surface area contributed by atoms with Crippen LogP contribution < -0.4 is 10.1 Å². The zero-order valence-corrected chi connectivity index (χ0v) is 12.2. The van der Waals surface area contributed by atoms with Crippen LogP contribution in [-0.4, -0.2) is 36.5 Å². The molecule has 4 nitrogen and oxygen atoms in total. The zero-order valence-electron chi connectivity index (χ0n) is 12.2. The number of para-hydroxylation sites is 2. The van der Waals surface area contributed by atoms with Gasteiger partial charge in [-0.3, -0.25) is 0 Å². The van der Waals surface area contributed by atoms with Crippen LogP contribution in [0.4, 0.5) is 0 Å². The minimum absolute atomic E-state index is 0.211. The fourth-order valence-electron chi connectivity index (χ4n) is 2.02. The molecular weight excluding hydrogens is 254 g/mol. The van der Waals surface area contributed by atoms with Crippen LogP contribution in [0, 0.1) is 0 Å². The van der Waals surface area contributed by atoms with Crippen molar-refractivity contribution in [2.75, 3.05) is 26.3 Å². The van der Waals surface area contributed by atoms with E-state index in [0.29, 0.717) is 18.9 Å². The van der Waals surface area contributed by atoms with E-state index in [1.807, 2.05) is 6.07 Å². The molecule has 0 saturated heterocycles. The first-order valence-corrected chi connectivity index (χ1v) is 7.57. The van der Waals surface area contributed by atoms with Crippen LogP contribution in [0.5, 0.6) is 11.5 Å². The second-order valence-electron chi connectivity index (χ2n) is 4.91. The Morgan fingerprint density at radius 3 is 2.35 bits per heavy atom. The van der Waals surface area contributed by atoms with Gasteiger partial charge in [-0.05, 0) is 31.5 Å². The maximum absolute atomic E-state index is 9.53. The molecule has 0 aliphatic rings. The summed E-state index contributed by atoms with van der Waals surface area (Å²) in [6.07, 6.45) is 7.07. The molecule has 0 bridgehead atoms. The molecule has 0 aliphatic carbocycles. The second kappa shape index (κ2) is 11.6. The molecule has 0 spiro atoms. The van der Waals surface area contributed by atoms with E-state index in [2.05, 4.69) is 5.32 Å². The fourth-order valence-corrected chi connectivity index (χ4v) is 2.02. The molecule has 0 atom stereocenters. The monoisotopic (exact) mass is 281 g/mol. The summed E-state index contributed by atoms with van der Waals surface area (Å²) >= 11 is 0. The van der Waals surface area contributed by atoms with Gasteiger partial charge in [0, 0.05) is 6.54 Å². The molecule has 0 amide bonds. The highest BCUT2D eigenvalue weighted by atomic mass is 16.5. The highest BCUT2D eigenvalue weighted by molar-refractivity contribution is 5.37.